The lowest BCUT2D eigenvalue weighted by atomic mass is 10.1. The molecule has 0 aromatic carbocycles. The van der Waals surface area contributed by atoms with Crippen LogP contribution in [0.25, 0.3) is 5.82 Å². The van der Waals surface area contributed by atoms with Gasteiger partial charge >= 0.3 is 6.18 Å². The van der Waals surface area contributed by atoms with Crippen LogP contribution in [0.2, 0.25) is 5.15 Å². The van der Waals surface area contributed by atoms with Gasteiger partial charge in [0.1, 0.15) is 5.15 Å². The van der Waals surface area contributed by atoms with Gasteiger partial charge in [0, 0.05) is 5.69 Å². The van der Waals surface area contributed by atoms with Crippen molar-refractivity contribution in [3.05, 3.63) is 39.8 Å². The summed E-state index contributed by atoms with van der Waals surface area (Å²) in [5, 5.41) is 4.04. The third-order valence-corrected chi connectivity index (χ3v) is 3.31. The normalized spacial score (nSPS) is 11.9. The number of hydrogen-bond donors (Lipinski definition) is 0. The third-order valence-electron chi connectivity index (χ3n) is 3.12. The van der Waals surface area contributed by atoms with E-state index in [1.807, 2.05) is 13.8 Å². The lowest BCUT2D eigenvalue weighted by Gasteiger charge is -2.10. The largest absolute Gasteiger partial charge is 0.416 e. The van der Waals surface area contributed by atoms with Crippen LogP contribution in [0.15, 0.2) is 12.1 Å². The molecule has 20 heavy (non-hydrogen) atoms. The first-order chi connectivity index (χ1) is 9.24. The Labute approximate surface area is 119 Å². The van der Waals surface area contributed by atoms with Gasteiger partial charge in [0.15, 0.2) is 5.82 Å². The molecule has 0 saturated heterocycles. The third kappa shape index (κ3) is 2.65. The average molecular weight is 304 g/mol. The number of halogens is 4. The lowest BCUT2D eigenvalue weighted by molar-refractivity contribution is -0.137. The van der Waals surface area contributed by atoms with Gasteiger partial charge in [0.05, 0.1) is 11.3 Å². The molecule has 0 atom stereocenters. The van der Waals surface area contributed by atoms with Gasteiger partial charge in [-0.15, -0.1) is 0 Å². The van der Waals surface area contributed by atoms with Gasteiger partial charge in [-0.1, -0.05) is 18.5 Å². The maximum Gasteiger partial charge on any atom is 0.416 e. The van der Waals surface area contributed by atoms with Crippen molar-refractivity contribution in [1.29, 1.82) is 0 Å². The highest BCUT2D eigenvalue weighted by atomic mass is 35.5. The molecule has 0 bridgehead atoms. The second-order valence-electron chi connectivity index (χ2n) is 4.45. The van der Waals surface area contributed by atoms with Gasteiger partial charge < -0.3 is 0 Å². The second kappa shape index (κ2) is 5.09. The summed E-state index contributed by atoms with van der Waals surface area (Å²) in [6.45, 7) is 5.58. The molecule has 3 nitrogen and oxygen atoms in total. The molecule has 108 valence electrons. The monoisotopic (exact) mass is 303 g/mol. The van der Waals surface area contributed by atoms with E-state index in [-0.39, 0.29) is 11.0 Å². The van der Waals surface area contributed by atoms with E-state index in [0.29, 0.717) is 0 Å². The van der Waals surface area contributed by atoms with Gasteiger partial charge in [-0.05, 0) is 38.0 Å². The van der Waals surface area contributed by atoms with Crippen molar-refractivity contribution in [3.8, 4) is 5.82 Å². The summed E-state index contributed by atoms with van der Waals surface area (Å²) in [7, 11) is 0. The fraction of sp³-hybridized carbons (Fsp3) is 0.385. The van der Waals surface area contributed by atoms with Crippen LogP contribution >= 0.6 is 11.6 Å². The predicted octanol–water partition coefficient (Wildman–Crippen LogP) is 4.12. The molecule has 2 aromatic rings. The first-order valence-electron chi connectivity index (χ1n) is 6.04. The highest BCUT2D eigenvalue weighted by Crippen LogP contribution is 2.32. The molecule has 0 saturated carbocycles. The summed E-state index contributed by atoms with van der Waals surface area (Å²) >= 11 is 5.69. The van der Waals surface area contributed by atoms with Crippen molar-refractivity contribution in [2.45, 2.75) is 33.4 Å². The number of rotatable bonds is 2. The molecule has 0 unspecified atom stereocenters. The Morgan fingerprint density at radius 3 is 2.40 bits per heavy atom. The Bertz CT molecular complexity index is 647. The SMILES string of the molecule is CCc1c(C)nn(-c2cc(C(F)(F)F)cc(Cl)n2)c1C. The molecule has 2 rings (SSSR count). The molecular formula is C13H13ClF3N3. The van der Waals surface area contributed by atoms with Crippen molar-refractivity contribution in [2.75, 3.05) is 0 Å². The molecule has 0 aliphatic heterocycles. The van der Waals surface area contributed by atoms with Crippen LogP contribution < -0.4 is 0 Å². The van der Waals surface area contributed by atoms with Crippen LogP contribution in [-0.2, 0) is 12.6 Å². The smallest absolute Gasteiger partial charge is 0.219 e. The summed E-state index contributed by atoms with van der Waals surface area (Å²) < 4.78 is 39.8. The van der Waals surface area contributed by atoms with Crippen molar-refractivity contribution < 1.29 is 13.2 Å². The Morgan fingerprint density at radius 2 is 1.90 bits per heavy atom. The van der Waals surface area contributed by atoms with Crippen molar-refractivity contribution in [3.63, 3.8) is 0 Å². The van der Waals surface area contributed by atoms with Gasteiger partial charge in [-0.2, -0.15) is 18.3 Å². The van der Waals surface area contributed by atoms with Crippen LogP contribution in [0.4, 0.5) is 13.2 Å². The fourth-order valence-electron chi connectivity index (χ4n) is 2.16. The molecule has 2 aromatic heterocycles. The molecule has 0 radical (unpaired) electrons. The number of pyridine rings is 1. The Morgan fingerprint density at radius 1 is 1.25 bits per heavy atom. The summed E-state index contributed by atoms with van der Waals surface area (Å²) in [6.07, 6.45) is -3.71. The van der Waals surface area contributed by atoms with Crippen molar-refractivity contribution >= 4 is 11.6 Å². The van der Waals surface area contributed by atoms with Crippen LogP contribution in [0, 0.1) is 13.8 Å². The van der Waals surface area contributed by atoms with E-state index < -0.39 is 11.7 Å². The molecular weight excluding hydrogens is 291 g/mol. The first kappa shape index (κ1) is 14.8. The molecule has 0 amide bonds. The van der Waals surface area contributed by atoms with E-state index in [4.69, 9.17) is 11.6 Å². The van der Waals surface area contributed by atoms with Gasteiger partial charge in [-0.3, -0.25) is 0 Å². The molecule has 0 aliphatic rings. The predicted molar refractivity (Wildman–Crippen MR) is 70.2 cm³/mol. The zero-order valence-electron chi connectivity index (χ0n) is 11.2. The van der Waals surface area contributed by atoms with E-state index >= 15 is 0 Å². The Kier molecular flexibility index (Phi) is 3.77. The van der Waals surface area contributed by atoms with Crippen LogP contribution in [0.1, 0.15) is 29.4 Å². The maximum atomic E-state index is 12.8. The van der Waals surface area contributed by atoms with Crippen LogP contribution in [0.5, 0.6) is 0 Å². The molecule has 2 heterocycles. The molecule has 0 N–H and O–H groups in total. The number of nitrogens with zero attached hydrogens (tertiary/aromatic N) is 3. The van der Waals surface area contributed by atoms with E-state index in [2.05, 4.69) is 10.1 Å². The Balaban J connectivity index is 2.62. The zero-order chi connectivity index (χ0) is 15.1. The number of aryl methyl sites for hydroxylation is 1. The number of aromatic nitrogens is 3. The number of alkyl halides is 3. The molecule has 7 heteroatoms. The van der Waals surface area contributed by atoms with E-state index in [0.717, 1.165) is 35.5 Å². The van der Waals surface area contributed by atoms with E-state index in [9.17, 15) is 13.2 Å². The minimum atomic E-state index is -4.47. The fourth-order valence-corrected chi connectivity index (χ4v) is 2.37. The highest BCUT2D eigenvalue weighted by Gasteiger charge is 2.32. The van der Waals surface area contributed by atoms with Crippen LogP contribution in [0.3, 0.4) is 0 Å². The highest BCUT2D eigenvalue weighted by molar-refractivity contribution is 6.29. The average Bonchev–Trinajstić information content (AvgIpc) is 2.62. The van der Waals surface area contributed by atoms with E-state index in [1.165, 1.54) is 4.68 Å². The van der Waals surface area contributed by atoms with Gasteiger partial charge in [0.2, 0.25) is 0 Å². The maximum absolute atomic E-state index is 12.8. The Hall–Kier alpha value is -1.56. The summed E-state index contributed by atoms with van der Waals surface area (Å²) in [6, 6.07) is 1.75. The minimum absolute atomic E-state index is 0.0742. The molecule has 0 aliphatic carbocycles. The topological polar surface area (TPSA) is 30.7 Å². The first-order valence-corrected chi connectivity index (χ1v) is 6.42. The summed E-state index contributed by atoms with van der Waals surface area (Å²) in [5.41, 5.74) is 1.71. The second-order valence-corrected chi connectivity index (χ2v) is 4.84. The van der Waals surface area contributed by atoms with E-state index in [1.54, 1.807) is 6.92 Å². The quantitative estimate of drug-likeness (QED) is 0.781. The lowest BCUT2D eigenvalue weighted by Crippen LogP contribution is -2.09. The summed E-state index contributed by atoms with van der Waals surface area (Å²) in [4.78, 5) is 3.93. The number of hydrogen-bond acceptors (Lipinski definition) is 2. The standard InChI is InChI=1S/C13H13ClF3N3/c1-4-10-7(2)19-20(8(10)3)12-6-9(13(15,16)17)5-11(14)18-12/h5-6H,4H2,1-3H3. The van der Waals surface area contributed by atoms with Gasteiger partial charge in [-0.25, -0.2) is 9.67 Å². The minimum Gasteiger partial charge on any atom is -0.219 e. The molecule has 0 spiro atoms. The van der Waals surface area contributed by atoms with Crippen LogP contribution in [-0.4, -0.2) is 14.8 Å². The molecule has 0 fully saturated rings. The zero-order valence-corrected chi connectivity index (χ0v) is 12.0. The van der Waals surface area contributed by atoms with Gasteiger partial charge in [0.25, 0.3) is 0 Å². The van der Waals surface area contributed by atoms with Crippen molar-refractivity contribution in [2.24, 2.45) is 0 Å². The summed E-state index contributed by atoms with van der Waals surface area (Å²) in [5.74, 6) is 0.0742. The van der Waals surface area contributed by atoms with Crippen molar-refractivity contribution in [1.82, 2.24) is 14.8 Å².